The molecule has 3 aliphatic heterocycles. The average Bonchev–Trinajstić information content (AvgIpc) is 3.39. The summed E-state index contributed by atoms with van der Waals surface area (Å²) in [5.74, 6) is 0.771. The van der Waals surface area contributed by atoms with Crippen molar-refractivity contribution in [3.05, 3.63) is 53.2 Å². The highest BCUT2D eigenvalue weighted by Crippen LogP contribution is 2.43. The van der Waals surface area contributed by atoms with Crippen LogP contribution in [0, 0.1) is 0 Å². The van der Waals surface area contributed by atoms with E-state index in [0.29, 0.717) is 18.7 Å². The molecular weight excluding hydrogens is 466 g/mol. The van der Waals surface area contributed by atoms with E-state index in [1.165, 1.54) is 12.1 Å². The molecule has 5 nitrogen and oxygen atoms in total. The fraction of sp³-hybridized carbons (Fsp3) is 0.522. The van der Waals surface area contributed by atoms with Crippen LogP contribution in [-0.4, -0.2) is 36.4 Å². The minimum Gasteiger partial charge on any atom is -0.490 e. The van der Waals surface area contributed by atoms with E-state index in [4.69, 9.17) is 14.2 Å². The number of aromatic nitrogens is 1. The Morgan fingerprint density at radius 1 is 0.853 bits per heavy atom. The standard InChI is InChI=1S/C23H22F6N2O3/c24-22(25,26)13-1-5-19(18(9-13)21-32-7-8-33-21)34-17-10-15-3-4-16(11-17)31(15)20-6-2-14(12-30-20)23(27,28)29/h1-2,5-6,9,12,15-17,21H,3-4,7-8,10-11H2. The van der Waals surface area contributed by atoms with Gasteiger partial charge in [0.1, 0.15) is 17.7 Å². The lowest BCUT2D eigenvalue weighted by atomic mass is 9.99. The molecule has 3 fully saturated rings. The molecule has 1 aromatic heterocycles. The van der Waals surface area contributed by atoms with Crippen molar-refractivity contribution in [3.63, 3.8) is 0 Å². The Bertz CT molecular complexity index is 1010. The lowest BCUT2D eigenvalue weighted by Crippen LogP contribution is -2.47. The Kier molecular flexibility index (Phi) is 5.87. The van der Waals surface area contributed by atoms with Crippen LogP contribution >= 0.6 is 0 Å². The number of halogens is 6. The van der Waals surface area contributed by atoms with Crippen LogP contribution in [0.5, 0.6) is 5.75 Å². The molecule has 3 aliphatic rings. The van der Waals surface area contributed by atoms with E-state index in [0.717, 1.165) is 37.2 Å². The number of hydrogen-bond donors (Lipinski definition) is 0. The molecule has 34 heavy (non-hydrogen) atoms. The van der Waals surface area contributed by atoms with Gasteiger partial charge in [-0.1, -0.05) is 0 Å². The lowest BCUT2D eigenvalue weighted by Gasteiger charge is -2.40. The second-order valence-corrected chi connectivity index (χ2v) is 8.73. The molecule has 3 saturated heterocycles. The summed E-state index contributed by atoms with van der Waals surface area (Å²) in [7, 11) is 0. The fourth-order valence-electron chi connectivity index (χ4n) is 5.04. The summed E-state index contributed by atoms with van der Waals surface area (Å²) in [5.41, 5.74) is -1.41. The van der Waals surface area contributed by atoms with Crippen molar-refractivity contribution < 1.29 is 40.6 Å². The Hall–Kier alpha value is -2.53. The smallest absolute Gasteiger partial charge is 0.417 e. The first-order chi connectivity index (χ1) is 16.1. The SMILES string of the molecule is FC(F)(F)c1ccc(N2C3CCC2CC(Oc2ccc(C(F)(F)F)cc2C2OCCO2)C3)nc1. The molecule has 4 heterocycles. The highest BCUT2D eigenvalue weighted by Gasteiger charge is 2.43. The Labute approximate surface area is 191 Å². The summed E-state index contributed by atoms with van der Waals surface area (Å²) in [5, 5.41) is 0. The Morgan fingerprint density at radius 2 is 1.47 bits per heavy atom. The van der Waals surface area contributed by atoms with E-state index in [2.05, 4.69) is 4.98 Å². The third-order valence-electron chi connectivity index (χ3n) is 6.54. The molecule has 2 atom stereocenters. The van der Waals surface area contributed by atoms with Gasteiger partial charge in [-0.05, 0) is 43.2 Å². The van der Waals surface area contributed by atoms with Crippen LogP contribution in [0.3, 0.4) is 0 Å². The molecule has 5 rings (SSSR count). The van der Waals surface area contributed by atoms with Crippen molar-refractivity contribution in [2.75, 3.05) is 18.1 Å². The summed E-state index contributed by atoms with van der Waals surface area (Å²) in [6, 6.07) is 5.73. The van der Waals surface area contributed by atoms with Crippen molar-refractivity contribution in [2.45, 2.75) is 62.5 Å². The summed E-state index contributed by atoms with van der Waals surface area (Å²) < 4.78 is 95.4. The van der Waals surface area contributed by atoms with Gasteiger partial charge < -0.3 is 19.1 Å². The molecule has 2 aromatic rings. The molecule has 0 aliphatic carbocycles. The molecule has 0 N–H and O–H groups in total. The van der Waals surface area contributed by atoms with Gasteiger partial charge >= 0.3 is 12.4 Å². The molecule has 0 spiro atoms. The predicted molar refractivity (Wildman–Crippen MR) is 108 cm³/mol. The van der Waals surface area contributed by atoms with E-state index in [1.54, 1.807) is 0 Å². The second kappa shape index (κ2) is 8.60. The quantitative estimate of drug-likeness (QED) is 0.514. The van der Waals surface area contributed by atoms with Gasteiger partial charge in [-0.25, -0.2) is 4.98 Å². The molecule has 0 amide bonds. The summed E-state index contributed by atoms with van der Waals surface area (Å²) in [6.45, 7) is 0.562. The summed E-state index contributed by atoms with van der Waals surface area (Å²) >= 11 is 0. The zero-order valence-electron chi connectivity index (χ0n) is 17.9. The number of fused-ring (bicyclic) bond motifs is 2. The number of hydrogen-bond acceptors (Lipinski definition) is 5. The van der Waals surface area contributed by atoms with Gasteiger partial charge in [0.15, 0.2) is 6.29 Å². The van der Waals surface area contributed by atoms with E-state index < -0.39 is 29.8 Å². The van der Waals surface area contributed by atoms with Gasteiger partial charge in [0.2, 0.25) is 0 Å². The van der Waals surface area contributed by atoms with Gasteiger partial charge in [0.25, 0.3) is 0 Å². The topological polar surface area (TPSA) is 43.8 Å². The van der Waals surface area contributed by atoms with E-state index in [-0.39, 0.29) is 42.7 Å². The molecule has 1 aromatic carbocycles. The number of nitrogens with zero attached hydrogens (tertiary/aromatic N) is 2. The van der Waals surface area contributed by atoms with Crippen molar-refractivity contribution in [1.29, 1.82) is 0 Å². The van der Waals surface area contributed by atoms with Crippen molar-refractivity contribution in [2.24, 2.45) is 0 Å². The van der Waals surface area contributed by atoms with Crippen LogP contribution in [0.4, 0.5) is 32.2 Å². The predicted octanol–water partition coefficient (Wildman–Crippen LogP) is 5.74. The number of benzene rings is 1. The van der Waals surface area contributed by atoms with Crippen LogP contribution in [0.2, 0.25) is 0 Å². The normalized spacial score (nSPS) is 25.7. The van der Waals surface area contributed by atoms with Crippen molar-refractivity contribution in [1.82, 2.24) is 4.98 Å². The molecule has 0 saturated carbocycles. The van der Waals surface area contributed by atoms with Crippen LogP contribution in [0.15, 0.2) is 36.5 Å². The van der Waals surface area contributed by atoms with Crippen LogP contribution in [-0.2, 0) is 21.8 Å². The molecule has 2 bridgehead atoms. The first-order valence-corrected chi connectivity index (χ1v) is 11.0. The third kappa shape index (κ3) is 4.55. The maximum atomic E-state index is 13.3. The van der Waals surface area contributed by atoms with E-state index in [1.807, 2.05) is 4.90 Å². The van der Waals surface area contributed by atoms with E-state index >= 15 is 0 Å². The maximum absolute atomic E-state index is 13.3. The first kappa shape index (κ1) is 23.2. The maximum Gasteiger partial charge on any atom is 0.417 e. The molecular formula is C23H22F6N2O3. The minimum absolute atomic E-state index is 0.0184. The fourth-order valence-corrected chi connectivity index (χ4v) is 5.04. The first-order valence-electron chi connectivity index (χ1n) is 11.0. The zero-order valence-corrected chi connectivity index (χ0v) is 17.9. The average molecular weight is 488 g/mol. The van der Waals surface area contributed by atoms with Crippen molar-refractivity contribution in [3.8, 4) is 5.75 Å². The van der Waals surface area contributed by atoms with Crippen LogP contribution < -0.4 is 9.64 Å². The van der Waals surface area contributed by atoms with Crippen LogP contribution in [0.1, 0.15) is 48.7 Å². The van der Waals surface area contributed by atoms with Gasteiger partial charge in [-0.15, -0.1) is 0 Å². The Morgan fingerprint density at radius 3 is 2.03 bits per heavy atom. The van der Waals surface area contributed by atoms with E-state index in [9.17, 15) is 26.3 Å². The highest BCUT2D eigenvalue weighted by atomic mass is 19.4. The number of piperidine rings is 1. The number of anilines is 1. The molecule has 11 heteroatoms. The molecule has 0 radical (unpaired) electrons. The van der Waals surface area contributed by atoms with Gasteiger partial charge in [-0.3, -0.25) is 0 Å². The number of alkyl halides is 6. The highest BCUT2D eigenvalue weighted by molar-refractivity contribution is 5.45. The number of pyridine rings is 1. The van der Waals surface area contributed by atoms with Gasteiger partial charge in [0, 0.05) is 31.1 Å². The zero-order chi connectivity index (χ0) is 24.1. The van der Waals surface area contributed by atoms with Crippen LogP contribution in [0.25, 0.3) is 0 Å². The molecule has 184 valence electrons. The minimum atomic E-state index is -4.51. The number of rotatable bonds is 4. The second-order valence-electron chi connectivity index (χ2n) is 8.73. The number of ether oxygens (including phenoxy) is 3. The van der Waals surface area contributed by atoms with Gasteiger partial charge in [-0.2, -0.15) is 26.3 Å². The van der Waals surface area contributed by atoms with Crippen molar-refractivity contribution >= 4 is 5.82 Å². The van der Waals surface area contributed by atoms with Gasteiger partial charge in [0.05, 0.1) is 29.9 Å². The lowest BCUT2D eigenvalue weighted by molar-refractivity contribution is -0.138. The molecule has 2 unspecified atom stereocenters. The Balaban J connectivity index is 1.33. The largest absolute Gasteiger partial charge is 0.490 e. The monoisotopic (exact) mass is 488 g/mol. The third-order valence-corrected chi connectivity index (χ3v) is 6.54. The summed E-state index contributed by atoms with van der Waals surface area (Å²) in [4.78, 5) is 6.08. The summed E-state index contributed by atoms with van der Waals surface area (Å²) in [6.07, 6.45) is -6.48.